The molecule has 0 aliphatic carbocycles. The highest BCUT2D eigenvalue weighted by Crippen LogP contribution is 2.10. The van der Waals surface area contributed by atoms with Crippen molar-refractivity contribution in [3.63, 3.8) is 0 Å². The highest BCUT2D eigenvalue weighted by atomic mass is 16.2. The first-order valence-corrected chi connectivity index (χ1v) is 5.74. The van der Waals surface area contributed by atoms with Gasteiger partial charge in [-0.05, 0) is 25.0 Å². The van der Waals surface area contributed by atoms with Crippen LogP contribution in [0.2, 0.25) is 0 Å². The van der Waals surface area contributed by atoms with E-state index in [9.17, 15) is 9.59 Å². The fraction of sp³-hybridized carbons (Fsp3) is 0.417. The molecule has 1 fully saturated rings. The highest BCUT2D eigenvalue weighted by Gasteiger charge is 2.20. The Morgan fingerprint density at radius 3 is 3.00 bits per heavy atom. The number of pyridine rings is 1. The molecule has 5 nitrogen and oxygen atoms in total. The van der Waals surface area contributed by atoms with Crippen molar-refractivity contribution in [1.82, 2.24) is 9.88 Å². The number of piperidine rings is 1. The first-order valence-electron chi connectivity index (χ1n) is 5.74. The Hall–Kier alpha value is -1.91. The van der Waals surface area contributed by atoms with Crippen molar-refractivity contribution in [2.45, 2.75) is 19.3 Å². The molecule has 1 aliphatic rings. The highest BCUT2D eigenvalue weighted by molar-refractivity contribution is 5.93. The lowest BCUT2D eigenvalue weighted by Crippen LogP contribution is -2.40. The summed E-state index contributed by atoms with van der Waals surface area (Å²) < 4.78 is 0. The van der Waals surface area contributed by atoms with E-state index in [1.807, 2.05) is 0 Å². The molecule has 0 radical (unpaired) electrons. The maximum Gasteiger partial charge on any atom is 0.245 e. The average Bonchev–Trinajstić information content (AvgIpc) is 2.33. The molecule has 0 spiro atoms. The topological polar surface area (TPSA) is 62.3 Å². The van der Waals surface area contributed by atoms with Crippen molar-refractivity contribution in [3.8, 4) is 0 Å². The molecule has 1 saturated heterocycles. The quantitative estimate of drug-likeness (QED) is 0.848. The van der Waals surface area contributed by atoms with Crippen LogP contribution in [0.1, 0.15) is 19.3 Å². The fourth-order valence-electron chi connectivity index (χ4n) is 1.82. The average molecular weight is 233 g/mol. The molecule has 0 aromatic carbocycles. The standard InChI is InChI=1S/C12H15N3O2/c16-11(14-10-5-1-3-7-13-10)9-15-8-4-2-6-12(15)17/h1,3,5,7H,2,4,6,8-9H2,(H,13,14,16). The monoisotopic (exact) mass is 233 g/mol. The van der Waals surface area contributed by atoms with E-state index in [4.69, 9.17) is 0 Å². The minimum absolute atomic E-state index is 0.0624. The normalized spacial score (nSPS) is 15.8. The van der Waals surface area contributed by atoms with Gasteiger partial charge in [0.05, 0.1) is 6.54 Å². The number of aromatic nitrogens is 1. The second kappa shape index (κ2) is 5.43. The van der Waals surface area contributed by atoms with Crippen LogP contribution >= 0.6 is 0 Å². The van der Waals surface area contributed by atoms with E-state index in [2.05, 4.69) is 10.3 Å². The van der Waals surface area contributed by atoms with Gasteiger partial charge >= 0.3 is 0 Å². The lowest BCUT2D eigenvalue weighted by Gasteiger charge is -2.25. The van der Waals surface area contributed by atoms with E-state index in [-0.39, 0.29) is 18.4 Å². The molecular weight excluding hydrogens is 218 g/mol. The molecule has 2 amide bonds. The molecule has 90 valence electrons. The van der Waals surface area contributed by atoms with Crippen LogP contribution in [0, 0.1) is 0 Å². The van der Waals surface area contributed by atoms with Crippen molar-refractivity contribution in [1.29, 1.82) is 0 Å². The summed E-state index contributed by atoms with van der Waals surface area (Å²) in [4.78, 5) is 28.8. The van der Waals surface area contributed by atoms with Crippen LogP contribution in [0.4, 0.5) is 5.82 Å². The number of amides is 2. The molecule has 0 bridgehead atoms. The van der Waals surface area contributed by atoms with Gasteiger partial charge in [-0.3, -0.25) is 9.59 Å². The zero-order chi connectivity index (χ0) is 12.1. The molecule has 1 aromatic heterocycles. The summed E-state index contributed by atoms with van der Waals surface area (Å²) in [5, 5.41) is 2.67. The van der Waals surface area contributed by atoms with Crippen LogP contribution < -0.4 is 5.32 Å². The predicted molar refractivity (Wildman–Crippen MR) is 63.3 cm³/mol. The van der Waals surface area contributed by atoms with Crippen molar-refractivity contribution in [2.75, 3.05) is 18.4 Å². The largest absolute Gasteiger partial charge is 0.333 e. The van der Waals surface area contributed by atoms with Gasteiger partial charge in [-0.15, -0.1) is 0 Å². The molecular formula is C12H15N3O2. The number of carbonyl (C=O) groups is 2. The summed E-state index contributed by atoms with van der Waals surface area (Å²) in [7, 11) is 0. The van der Waals surface area contributed by atoms with Crippen molar-refractivity contribution in [3.05, 3.63) is 24.4 Å². The van der Waals surface area contributed by atoms with Gasteiger partial charge in [0, 0.05) is 19.2 Å². The van der Waals surface area contributed by atoms with Gasteiger partial charge < -0.3 is 10.2 Å². The molecule has 17 heavy (non-hydrogen) atoms. The van der Waals surface area contributed by atoms with Gasteiger partial charge in [0.25, 0.3) is 0 Å². The van der Waals surface area contributed by atoms with Crippen LogP contribution in [0.5, 0.6) is 0 Å². The second-order valence-corrected chi connectivity index (χ2v) is 4.04. The van der Waals surface area contributed by atoms with Gasteiger partial charge in [-0.25, -0.2) is 4.98 Å². The smallest absolute Gasteiger partial charge is 0.245 e. The number of anilines is 1. The molecule has 1 aliphatic heterocycles. The third-order valence-corrected chi connectivity index (χ3v) is 2.69. The van der Waals surface area contributed by atoms with E-state index < -0.39 is 0 Å². The molecule has 0 atom stereocenters. The zero-order valence-electron chi connectivity index (χ0n) is 9.56. The molecule has 0 unspecified atom stereocenters. The summed E-state index contributed by atoms with van der Waals surface area (Å²) >= 11 is 0. The Bertz CT molecular complexity index is 405. The second-order valence-electron chi connectivity index (χ2n) is 4.04. The molecule has 2 heterocycles. The van der Waals surface area contributed by atoms with Gasteiger partial charge in [0.1, 0.15) is 5.82 Å². The minimum Gasteiger partial charge on any atom is -0.333 e. The fourth-order valence-corrected chi connectivity index (χ4v) is 1.82. The molecule has 1 N–H and O–H groups in total. The number of hydrogen-bond donors (Lipinski definition) is 1. The number of carbonyl (C=O) groups excluding carboxylic acids is 2. The summed E-state index contributed by atoms with van der Waals surface area (Å²) in [5.41, 5.74) is 0. The lowest BCUT2D eigenvalue weighted by molar-refractivity contribution is -0.136. The Balaban J connectivity index is 1.87. The van der Waals surface area contributed by atoms with Gasteiger partial charge in [-0.2, -0.15) is 0 Å². The summed E-state index contributed by atoms with van der Waals surface area (Å²) in [6, 6.07) is 5.30. The summed E-state index contributed by atoms with van der Waals surface area (Å²) in [6.45, 7) is 0.796. The van der Waals surface area contributed by atoms with Crippen molar-refractivity contribution in [2.24, 2.45) is 0 Å². The molecule has 0 saturated carbocycles. The molecule has 1 aromatic rings. The number of hydrogen-bond acceptors (Lipinski definition) is 3. The first-order chi connectivity index (χ1) is 8.25. The van der Waals surface area contributed by atoms with E-state index in [1.165, 1.54) is 0 Å². The SMILES string of the molecule is O=C(CN1CCCCC1=O)Nc1ccccn1. The van der Waals surface area contributed by atoms with Crippen LogP contribution in [-0.4, -0.2) is 34.8 Å². The zero-order valence-corrected chi connectivity index (χ0v) is 9.56. The van der Waals surface area contributed by atoms with Crippen molar-refractivity contribution < 1.29 is 9.59 Å². The number of likely N-dealkylation sites (tertiary alicyclic amines) is 1. The van der Waals surface area contributed by atoms with E-state index in [1.54, 1.807) is 29.3 Å². The Kier molecular flexibility index (Phi) is 3.69. The van der Waals surface area contributed by atoms with E-state index in [0.29, 0.717) is 18.8 Å². The number of rotatable bonds is 3. The van der Waals surface area contributed by atoms with Crippen LogP contribution in [0.25, 0.3) is 0 Å². The van der Waals surface area contributed by atoms with Crippen LogP contribution in [0.3, 0.4) is 0 Å². The minimum atomic E-state index is -0.195. The Labute approximate surface area is 99.8 Å². The van der Waals surface area contributed by atoms with Gasteiger partial charge in [-0.1, -0.05) is 6.07 Å². The maximum atomic E-state index is 11.7. The summed E-state index contributed by atoms with van der Waals surface area (Å²) in [5.74, 6) is 0.383. The molecule has 5 heteroatoms. The first kappa shape index (κ1) is 11.6. The lowest BCUT2D eigenvalue weighted by atomic mass is 10.1. The van der Waals surface area contributed by atoms with Crippen LogP contribution in [0.15, 0.2) is 24.4 Å². The van der Waals surface area contributed by atoms with Crippen molar-refractivity contribution >= 4 is 17.6 Å². The molecule has 2 rings (SSSR count). The number of nitrogens with zero attached hydrogens (tertiary/aromatic N) is 2. The van der Waals surface area contributed by atoms with Crippen LogP contribution in [-0.2, 0) is 9.59 Å². The number of nitrogens with one attached hydrogen (secondary N) is 1. The third-order valence-electron chi connectivity index (χ3n) is 2.69. The van der Waals surface area contributed by atoms with E-state index >= 15 is 0 Å². The Morgan fingerprint density at radius 1 is 1.41 bits per heavy atom. The summed E-state index contributed by atoms with van der Waals surface area (Å²) in [6.07, 6.45) is 4.07. The maximum absolute atomic E-state index is 11.7. The van der Waals surface area contributed by atoms with Gasteiger partial charge in [0.2, 0.25) is 11.8 Å². The third kappa shape index (κ3) is 3.27. The van der Waals surface area contributed by atoms with E-state index in [0.717, 1.165) is 12.8 Å². The van der Waals surface area contributed by atoms with Gasteiger partial charge in [0.15, 0.2) is 0 Å². The predicted octanol–water partition coefficient (Wildman–Crippen LogP) is 1.03. The Morgan fingerprint density at radius 2 is 2.29 bits per heavy atom.